The topological polar surface area (TPSA) is 122 Å². The molecule has 49 heavy (non-hydrogen) atoms. The van der Waals surface area contributed by atoms with Crippen molar-refractivity contribution in [1.82, 2.24) is 19.8 Å². The first-order valence-corrected chi connectivity index (χ1v) is 16.3. The molecule has 1 aliphatic rings. The summed E-state index contributed by atoms with van der Waals surface area (Å²) in [6.07, 6.45) is 0.334. The maximum absolute atomic E-state index is 13.3. The Morgan fingerprint density at radius 1 is 0.898 bits per heavy atom. The van der Waals surface area contributed by atoms with Gasteiger partial charge < -0.3 is 34.3 Å². The van der Waals surface area contributed by atoms with Crippen LogP contribution in [0.15, 0.2) is 60.8 Å². The van der Waals surface area contributed by atoms with Crippen LogP contribution in [0.4, 0.5) is 22.2 Å². The van der Waals surface area contributed by atoms with Crippen LogP contribution in [-0.2, 0) is 0 Å². The van der Waals surface area contributed by atoms with Crippen molar-refractivity contribution in [2.24, 2.45) is 0 Å². The van der Waals surface area contributed by atoms with Crippen LogP contribution in [-0.4, -0.2) is 98.7 Å². The molecule has 0 spiro atoms. The monoisotopic (exact) mass is 670 g/mol. The zero-order valence-electron chi connectivity index (χ0n) is 29.3. The molecule has 4 aromatic rings. The molecule has 1 aromatic heterocycles. The van der Waals surface area contributed by atoms with Gasteiger partial charge in [-0.1, -0.05) is 17.7 Å². The molecule has 260 valence electrons. The van der Waals surface area contributed by atoms with Crippen LogP contribution in [0.5, 0.6) is 23.0 Å². The smallest absolute Gasteiger partial charge is 0.413 e. The lowest BCUT2D eigenvalue weighted by atomic mass is 9.88. The molecule has 2 heterocycles. The van der Waals surface area contributed by atoms with Crippen molar-refractivity contribution >= 4 is 23.5 Å². The number of aryl methyl sites for hydroxylation is 3. The fraction of sp³-hybridized carbons (Fsp3) is 0.378. The molecule has 3 aromatic carbocycles. The second-order valence-electron chi connectivity index (χ2n) is 12.2. The molecular weight excluding hydrogens is 624 g/mol. The number of ether oxygens (including phenoxy) is 4. The lowest BCUT2D eigenvalue weighted by Crippen LogP contribution is -2.45. The third-order valence-electron chi connectivity index (χ3n) is 8.78. The molecule has 0 saturated carbocycles. The number of carboxylic acid groups (broad SMARTS) is 1. The van der Waals surface area contributed by atoms with Gasteiger partial charge in [-0.05, 0) is 80.9 Å². The van der Waals surface area contributed by atoms with Crippen molar-refractivity contribution in [2.45, 2.75) is 26.8 Å². The zero-order chi connectivity index (χ0) is 35.1. The van der Waals surface area contributed by atoms with Gasteiger partial charge in [0.2, 0.25) is 5.95 Å². The number of benzene rings is 3. The van der Waals surface area contributed by atoms with E-state index in [1.165, 1.54) is 11.1 Å². The molecule has 0 radical (unpaired) electrons. The maximum atomic E-state index is 13.3. The Kier molecular flexibility index (Phi) is 11.4. The van der Waals surface area contributed by atoms with Gasteiger partial charge in [-0.15, -0.1) is 0 Å². The molecule has 1 saturated heterocycles. The minimum atomic E-state index is -1.20. The number of piperazine rings is 1. The summed E-state index contributed by atoms with van der Waals surface area (Å²) in [4.78, 5) is 28.3. The van der Waals surface area contributed by atoms with Gasteiger partial charge in [0, 0.05) is 56.2 Å². The number of amides is 1. The number of nitrogens with zero attached hydrogens (tertiary/aromatic N) is 5. The van der Waals surface area contributed by atoms with Crippen molar-refractivity contribution < 1.29 is 28.8 Å². The second kappa shape index (κ2) is 15.9. The van der Waals surface area contributed by atoms with E-state index in [1.807, 2.05) is 45.0 Å². The highest BCUT2D eigenvalue weighted by Crippen LogP contribution is 2.42. The highest BCUT2D eigenvalue weighted by atomic mass is 16.5. The third-order valence-corrected chi connectivity index (χ3v) is 8.78. The van der Waals surface area contributed by atoms with E-state index in [0.29, 0.717) is 40.9 Å². The van der Waals surface area contributed by atoms with Crippen molar-refractivity contribution in [3.8, 4) is 23.0 Å². The van der Waals surface area contributed by atoms with E-state index < -0.39 is 12.1 Å². The van der Waals surface area contributed by atoms with Crippen LogP contribution in [0, 0.1) is 20.8 Å². The first-order chi connectivity index (χ1) is 23.6. The van der Waals surface area contributed by atoms with Gasteiger partial charge >= 0.3 is 6.09 Å². The summed E-state index contributed by atoms with van der Waals surface area (Å²) in [5, 5.41) is 14.0. The van der Waals surface area contributed by atoms with Crippen molar-refractivity contribution in [1.29, 1.82) is 0 Å². The van der Waals surface area contributed by atoms with E-state index in [1.54, 1.807) is 51.7 Å². The van der Waals surface area contributed by atoms with Gasteiger partial charge in [0.1, 0.15) is 23.9 Å². The summed E-state index contributed by atoms with van der Waals surface area (Å²) in [5.74, 6) is 2.66. The second-order valence-corrected chi connectivity index (χ2v) is 12.2. The van der Waals surface area contributed by atoms with E-state index in [9.17, 15) is 9.90 Å². The molecule has 1 fully saturated rings. The summed E-state index contributed by atoms with van der Waals surface area (Å²) < 4.78 is 23.0. The van der Waals surface area contributed by atoms with E-state index in [4.69, 9.17) is 23.9 Å². The van der Waals surface area contributed by atoms with E-state index in [2.05, 4.69) is 27.1 Å². The van der Waals surface area contributed by atoms with Gasteiger partial charge in [-0.25, -0.2) is 14.7 Å². The first kappa shape index (κ1) is 35.2. The molecule has 1 amide bonds. The van der Waals surface area contributed by atoms with Crippen molar-refractivity contribution in [3.05, 3.63) is 88.6 Å². The number of likely N-dealkylation sites (N-methyl/N-ethyl adjacent to an activating group) is 1. The summed E-state index contributed by atoms with van der Waals surface area (Å²) >= 11 is 0. The van der Waals surface area contributed by atoms with Crippen molar-refractivity contribution in [2.75, 3.05) is 77.9 Å². The number of carbonyl (C=O) groups is 1. The van der Waals surface area contributed by atoms with Crippen LogP contribution in [0.1, 0.15) is 33.9 Å². The SMILES string of the molecule is COc1ccc(OC)c(C(c2c(C)cc(C)cc2C)N(C(=O)O)c2ccnc(Nc3ccc(OCCN4CCN(C)CC4)c(OC)c3)n2)c1. The van der Waals surface area contributed by atoms with E-state index >= 15 is 0 Å². The number of hydrogen-bond donors (Lipinski definition) is 2. The summed E-state index contributed by atoms with van der Waals surface area (Å²) in [5.41, 5.74) is 5.03. The third kappa shape index (κ3) is 8.33. The lowest BCUT2D eigenvalue weighted by molar-refractivity contribution is 0.133. The molecular formula is C37H46N6O6. The average molecular weight is 671 g/mol. The Hall–Kier alpha value is -5.07. The molecule has 0 bridgehead atoms. The first-order valence-electron chi connectivity index (χ1n) is 16.3. The van der Waals surface area contributed by atoms with E-state index in [-0.39, 0.29) is 11.8 Å². The van der Waals surface area contributed by atoms with Crippen LogP contribution in [0.25, 0.3) is 0 Å². The highest BCUT2D eigenvalue weighted by molar-refractivity contribution is 5.87. The van der Waals surface area contributed by atoms with Gasteiger partial charge in [0.25, 0.3) is 0 Å². The van der Waals surface area contributed by atoms with Crippen LogP contribution in [0.2, 0.25) is 0 Å². The highest BCUT2D eigenvalue weighted by Gasteiger charge is 2.34. The zero-order valence-corrected chi connectivity index (χ0v) is 29.3. The Morgan fingerprint density at radius 3 is 2.24 bits per heavy atom. The number of anilines is 3. The van der Waals surface area contributed by atoms with Crippen LogP contribution < -0.4 is 29.2 Å². The lowest BCUT2D eigenvalue weighted by Gasteiger charge is -2.33. The number of hydrogen-bond acceptors (Lipinski definition) is 10. The predicted molar refractivity (Wildman–Crippen MR) is 190 cm³/mol. The van der Waals surface area contributed by atoms with Gasteiger partial charge in [-0.3, -0.25) is 4.90 Å². The number of aromatic nitrogens is 2. The Balaban J connectivity index is 1.45. The quantitative estimate of drug-likeness (QED) is 0.172. The normalized spacial score (nSPS) is 14.2. The molecule has 0 aliphatic carbocycles. The molecule has 1 atom stereocenters. The Bertz CT molecular complexity index is 1740. The average Bonchev–Trinajstić information content (AvgIpc) is 3.08. The van der Waals surface area contributed by atoms with Crippen LogP contribution >= 0.6 is 0 Å². The van der Waals surface area contributed by atoms with Gasteiger partial charge in [-0.2, -0.15) is 4.98 Å². The maximum Gasteiger partial charge on any atom is 0.413 e. The number of rotatable bonds is 13. The minimum absolute atomic E-state index is 0.176. The van der Waals surface area contributed by atoms with Gasteiger partial charge in [0.05, 0.1) is 27.4 Å². The molecule has 2 N–H and O–H groups in total. The largest absolute Gasteiger partial charge is 0.497 e. The van der Waals surface area contributed by atoms with Crippen LogP contribution in [0.3, 0.4) is 0 Å². The number of methoxy groups -OCH3 is 3. The van der Waals surface area contributed by atoms with E-state index in [0.717, 1.165) is 55.0 Å². The molecule has 1 aliphatic heterocycles. The molecule has 1 unspecified atom stereocenters. The summed E-state index contributed by atoms with van der Waals surface area (Å²) in [7, 11) is 6.87. The summed E-state index contributed by atoms with van der Waals surface area (Å²) in [6, 6.07) is 15.7. The van der Waals surface area contributed by atoms with Gasteiger partial charge in [0.15, 0.2) is 11.5 Å². The predicted octanol–water partition coefficient (Wildman–Crippen LogP) is 6.07. The van der Waals surface area contributed by atoms with Crippen molar-refractivity contribution in [3.63, 3.8) is 0 Å². The molecule has 12 nitrogen and oxygen atoms in total. The fourth-order valence-corrected chi connectivity index (χ4v) is 6.33. The summed E-state index contributed by atoms with van der Waals surface area (Å²) in [6.45, 7) is 11.5. The molecule has 12 heteroatoms. The Labute approximate surface area is 288 Å². The molecule has 5 rings (SSSR count). The number of nitrogens with one attached hydrogen (secondary N) is 1. The standard InChI is InChI=1S/C37H46N6O6/c1-24-20-25(2)34(26(3)21-24)35(29-23-28(46-5)9-11-30(29)47-6)43(37(44)45)33-12-13-38-36(40-33)39-27-8-10-31(32(22-27)48-7)49-19-18-42-16-14-41(4)15-17-42/h8-13,20-23,35H,14-19H2,1-7H3,(H,44,45)(H,38,39,40). The fourth-order valence-electron chi connectivity index (χ4n) is 6.33. The Morgan fingerprint density at radius 2 is 1.59 bits per heavy atom. The minimum Gasteiger partial charge on any atom is -0.497 e.